The molecule has 1 aliphatic rings. The number of phenolic OH excluding ortho intramolecular Hbond substituents is 1. The zero-order valence-electron chi connectivity index (χ0n) is 25.6. The van der Waals surface area contributed by atoms with Crippen LogP contribution >= 0.6 is 0 Å². The van der Waals surface area contributed by atoms with Crippen molar-refractivity contribution >= 4 is 34.1 Å². The number of fused-ring (bicyclic) bond motifs is 2. The van der Waals surface area contributed by atoms with Crippen LogP contribution in [0.15, 0.2) is 60.7 Å². The van der Waals surface area contributed by atoms with Gasteiger partial charge in [0.1, 0.15) is 17.2 Å². The minimum Gasteiger partial charge on any atom is -0.507 e. The first-order valence-electron chi connectivity index (χ1n) is 14.4. The zero-order chi connectivity index (χ0) is 32.1. The first-order chi connectivity index (χ1) is 20.6. The van der Waals surface area contributed by atoms with Crippen molar-refractivity contribution in [2.45, 2.75) is 71.1 Å². The van der Waals surface area contributed by atoms with E-state index < -0.39 is 28.4 Å². The number of para-hydroxylation sites is 1. The lowest BCUT2D eigenvalue weighted by atomic mass is 9.78. The molecule has 1 unspecified atom stereocenters. The summed E-state index contributed by atoms with van der Waals surface area (Å²) in [4.78, 5) is 54.6. The number of non-ortho nitro benzene ring substituents is 1. The number of hydrogen-bond donors (Lipinski definition) is 1. The maximum absolute atomic E-state index is 13.2. The summed E-state index contributed by atoms with van der Waals surface area (Å²) in [5.74, 6) is -2.32. The third-order valence-corrected chi connectivity index (χ3v) is 7.90. The van der Waals surface area contributed by atoms with Crippen molar-refractivity contribution in [1.82, 2.24) is 4.98 Å². The van der Waals surface area contributed by atoms with Crippen molar-refractivity contribution in [3.63, 3.8) is 0 Å². The molecule has 0 radical (unpaired) electrons. The third-order valence-electron chi connectivity index (χ3n) is 7.90. The summed E-state index contributed by atoms with van der Waals surface area (Å²) in [6, 6.07) is 15.8. The van der Waals surface area contributed by atoms with Crippen molar-refractivity contribution in [1.29, 1.82) is 0 Å². The minimum absolute atomic E-state index is 0.00530. The molecule has 0 saturated heterocycles. The van der Waals surface area contributed by atoms with Crippen LogP contribution in [0.25, 0.3) is 10.9 Å². The highest BCUT2D eigenvalue weighted by molar-refractivity contribution is 6.29. The number of ether oxygens (including phenoxy) is 1. The number of rotatable bonds is 6. The largest absolute Gasteiger partial charge is 0.507 e. The first kappa shape index (κ1) is 30.5. The quantitative estimate of drug-likeness (QED) is 0.0817. The molecule has 9 heteroatoms. The number of hydrogen-bond acceptors (Lipinski definition) is 8. The maximum atomic E-state index is 13.2. The molecule has 1 heterocycles. The molecule has 1 atom stereocenters. The highest BCUT2D eigenvalue weighted by Gasteiger charge is 2.41. The molecule has 226 valence electrons. The number of phenols is 1. The molecule has 0 spiro atoms. The summed E-state index contributed by atoms with van der Waals surface area (Å²) in [6.07, 6.45) is 0.464. The van der Waals surface area contributed by atoms with Gasteiger partial charge in [-0.05, 0) is 52.1 Å². The number of benzene rings is 3. The zero-order valence-corrected chi connectivity index (χ0v) is 25.6. The summed E-state index contributed by atoms with van der Waals surface area (Å²) < 4.78 is 5.75. The minimum atomic E-state index is -1.25. The highest BCUT2D eigenvalue weighted by Crippen LogP contribution is 2.40. The topological polar surface area (TPSA) is 137 Å². The number of pyridine rings is 1. The summed E-state index contributed by atoms with van der Waals surface area (Å²) in [7, 11) is 0. The van der Waals surface area contributed by atoms with E-state index in [1.807, 2.05) is 53.7 Å². The summed E-state index contributed by atoms with van der Waals surface area (Å²) in [6.45, 7) is 12.2. The van der Waals surface area contributed by atoms with Gasteiger partial charge in [0.15, 0.2) is 17.3 Å². The van der Waals surface area contributed by atoms with Crippen molar-refractivity contribution in [3.05, 3.63) is 104 Å². The number of carbonyl (C=O) groups excluding carboxylic acids is 3. The van der Waals surface area contributed by atoms with Crippen LogP contribution in [0.1, 0.15) is 97.0 Å². The molecule has 1 aromatic heterocycles. The number of carbonyl (C=O) groups is 3. The number of ketones is 2. The second-order valence-electron chi connectivity index (χ2n) is 13.2. The Bertz CT molecular complexity index is 1830. The number of Topliss-reactive ketones (excluding diaryl/α,β-unsaturated/α-hetero) is 2. The smallest absolute Gasteiger partial charge is 0.311 e. The van der Waals surface area contributed by atoms with Gasteiger partial charge in [-0.2, -0.15) is 0 Å². The predicted octanol–water partition coefficient (Wildman–Crippen LogP) is 7.14. The molecule has 5 rings (SSSR count). The predicted molar refractivity (Wildman–Crippen MR) is 166 cm³/mol. The van der Waals surface area contributed by atoms with Crippen LogP contribution in [-0.4, -0.2) is 32.5 Å². The maximum Gasteiger partial charge on any atom is 0.311 e. The molecular formula is C35H34N2O7. The summed E-state index contributed by atoms with van der Waals surface area (Å²) in [5, 5.41) is 22.9. The van der Waals surface area contributed by atoms with E-state index in [1.54, 1.807) is 30.3 Å². The fraction of sp³-hybridized carbons (Fsp3) is 0.314. The van der Waals surface area contributed by atoms with Crippen LogP contribution in [0.2, 0.25) is 0 Å². The number of aryl methyl sites for hydroxylation is 1. The van der Waals surface area contributed by atoms with E-state index in [1.165, 1.54) is 12.1 Å². The second kappa shape index (κ2) is 11.0. The fourth-order valence-corrected chi connectivity index (χ4v) is 5.54. The Labute approximate surface area is 255 Å². The molecular weight excluding hydrogens is 560 g/mol. The normalized spacial score (nSPS) is 15.0. The Kier molecular flexibility index (Phi) is 7.61. The summed E-state index contributed by atoms with van der Waals surface area (Å²) >= 11 is 0. The Balaban J connectivity index is 1.40. The SMILES string of the molecule is CC(C)(C)c1cc(CCC(=O)Oc2cccc3ccc(C4C(=O)c5ccc([N+](=O)[O-])cc5C4=O)nc23)cc(C(C)(C)C)c1O. The van der Waals surface area contributed by atoms with Gasteiger partial charge in [-0.25, -0.2) is 4.98 Å². The van der Waals surface area contributed by atoms with E-state index in [4.69, 9.17) is 4.74 Å². The Morgan fingerprint density at radius 3 is 2.16 bits per heavy atom. The number of nitro groups is 1. The summed E-state index contributed by atoms with van der Waals surface area (Å²) in [5.41, 5.74) is 2.25. The van der Waals surface area contributed by atoms with Crippen LogP contribution in [0.5, 0.6) is 11.5 Å². The van der Waals surface area contributed by atoms with E-state index in [9.17, 15) is 29.6 Å². The van der Waals surface area contributed by atoms with Gasteiger partial charge >= 0.3 is 5.97 Å². The van der Waals surface area contributed by atoms with Crippen molar-refractivity contribution in [3.8, 4) is 11.5 Å². The van der Waals surface area contributed by atoms with E-state index in [0.717, 1.165) is 22.8 Å². The Morgan fingerprint density at radius 2 is 1.55 bits per heavy atom. The fourth-order valence-electron chi connectivity index (χ4n) is 5.54. The molecule has 0 saturated carbocycles. The Hall–Kier alpha value is -4.92. The van der Waals surface area contributed by atoms with Crippen LogP contribution in [0, 0.1) is 10.1 Å². The van der Waals surface area contributed by atoms with E-state index in [0.29, 0.717) is 17.3 Å². The van der Waals surface area contributed by atoms with Gasteiger partial charge in [0.25, 0.3) is 5.69 Å². The van der Waals surface area contributed by atoms with Gasteiger partial charge in [0, 0.05) is 35.1 Å². The molecule has 4 aromatic rings. The number of nitrogens with zero attached hydrogens (tertiary/aromatic N) is 2. The van der Waals surface area contributed by atoms with Gasteiger partial charge in [-0.3, -0.25) is 24.5 Å². The molecule has 1 N–H and O–H groups in total. The van der Waals surface area contributed by atoms with Crippen LogP contribution in [-0.2, 0) is 22.0 Å². The lowest BCUT2D eigenvalue weighted by Crippen LogP contribution is -2.18. The van der Waals surface area contributed by atoms with Gasteiger partial charge in [0.2, 0.25) is 0 Å². The van der Waals surface area contributed by atoms with Crippen LogP contribution in [0.4, 0.5) is 5.69 Å². The molecule has 9 nitrogen and oxygen atoms in total. The number of aromatic nitrogens is 1. The number of aromatic hydroxyl groups is 1. The van der Waals surface area contributed by atoms with Crippen molar-refractivity contribution in [2.75, 3.05) is 0 Å². The lowest BCUT2D eigenvalue weighted by molar-refractivity contribution is -0.384. The van der Waals surface area contributed by atoms with Gasteiger partial charge in [0.05, 0.1) is 10.6 Å². The molecule has 0 fully saturated rings. The number of esters is 1. The average Bonchev–Trinajstić information content (AvgIpc) is 3.20. The monoisotopic (exact) mass is 594 g/mol. The third kappa shape index (κ3) is 5.69. The van der Waals surface area contributed by atoms with Gasteiger partial charge in [-0.15, -0.1) is 0 Å². The van der Waals surface area contributed by atoms with Gasteiger partial charge < -0.3 is 9.84 Å². The first-order valence-corrected chi connectivity index (χ1v) is 14.4. The Morgan fingerprint density at radius 1 is 0.909 bits per heavy atom. The molecule has 1 aliphatic carbocycles. The molecule has 0 aliphatic heterocycles. The van der Waals surface area contributed by atoms with Crippen LogP contribution < -0.4 is 4.74 Å². The molecule has 0 bridgehead atoms. The highest BCUT2D eigenvalue weighted by atomic mass is 16.6. The van der Waals surface area contributed by atoms with E-state index in [2.05, 4.69) is 4.98 Å². The lowest BCUT2D eigenvalue weighted by Gasteiger charge is -2.28. The standard InChI is InChI=1S/C35H34N2O7/c1-34(2,3)24-16-19(17-25(33(24)41)35(4,5)6)10-15-28(38)44-27-9-7-8-20-11-14-26(36-30(20)27)29-31(39)22-13-12-21(37(42)43)18-23(22)32(29)40/h7-9,11-14,16-18,29,41H,10,15H2,1-6H3. The van der Waals surface area contributed by atoms with Gasteiger partial charge in [-0.1, -0.05) is 71.9 Å². The molecule has 44 heavy (non-hydrogen) atoms. The van der Waals surface area contributed by atoms with Crippen LogP contribution in [0.3, 0.4) is 0 Å². The van der Waals surface area contributed by atoms with E-state index >= 15 is 0 Å². The average molecular weight is 595 g/mol. The molecule has 0 amide bonds. The van der Waals surface area contributed by atoms with Crippen molar-refractivity contribution < 1.29 is 29.2 Å². The molecule has 3 aromatic carbocycles. The number of nitro benzene ring substituents is 1. The van der Waals surface area contributed by atoms with E-state index in [-0.39, 0.29) is 51.3 Å². The second-order valence-corrected chi connectivity index (χ2v) is 13.2. The van der Waals surface area contributed by atoms with Crippen molar-refractivity contribution in [2.24, 2.45) is 0 Å².